The van der Waals surface area contributed by atoms with Gasteiger partial charge in [-0.3, -0.25) is 0 Å². The van der Waals surface area contributed by atoms with Crippen molar-refractivity contribution >= 4 is 17.3 Å². The summed E-state index contributed by atoms with van der Waals surface area (Å²) < 4.78 is 0. The van der Waals surface area contributed by atoms with Gasteiger partial charge in [-0.15, -0.1) is 0 Å². The van der Waals surface area contributed by atoms with E-state index in [1.807, 2.05) is 0 Å². The summed E-state index contributed by atoms with van der Waals surface area (Å²) in [6.07, 6.45) is 4.34. The fourth-order valence-electron chi connectivity index (χ4n) is 1.33. The minimum absolute atomic E-state index is 0.350. The van der Waals surface area contributed by atoms with Crippen LogP contribution in [0.1, 0.15) is 5.82 Å². The summed E-state index contributed by atoms with van der Waals surface area (Å²) in [7, 11) is 0. The molecule has 0 aliphatic heterocycles. The molecule has 0 aromatic carbocycles. The first-order chi connectivity index (χ1) is 7.75. The van der Waals surface area contributed by atoms with Gasteiger partial charge >= 0.3 is 0 Å². The Bertz CT molecular complexity index is 450. The quantitative estimate of drug-likeness (QED) is 0.602. The molecular formula is C10H14N6. The zero-order valence-electron chi connectivity index (χ0n) is 8.77. The Morgan fingerprint density at radius 3 is 2.88 bits per heavy atom. The second-order valence-corrected chi connectivity index (χ2v) is 3.38. The summed E-state index contributed by atoms with van der Waals surface area (Å²) in [6, 6.07) is 3.53. The van der Waals surface area contributed by atoms with E-state index in [9.17, 15) is 0 Å². The van der Waals surface area contributed by atoms with Crippen molar-refractivity contribution in [3.05, 3.63) is 30.4 Å². The molecule has 0 fully saturated rings. The molecule has 0 saturated carbocycles. The third kappa shape index (κ3) is 2.41. The predicted molar refractivity (Wildman–Crippen MR) is 63.8 cm³/mol. The van der Waals surface area contributed by atoms with Crippen LogP contribution >= 0.6 is 0 Å². The highest BCUT2D eigenvalue weighted by Gasteiger charge is 1.99. The van der Waals surface area contributed by atoms with E-state index in [-0.39, 0.29) is 0 Å². The van der Waals surface area contributed by atoms with Gasteiger partial charge in [-0.1, -0.05) is 0 Å². The number of hydrogen-bond acceptors (Lipinski definition) is 5. The van der Waals surface area contributed by atoms with Crippen LogP contribution in [-0.2, 0) is 6.42 Å². The van der Waals surface area contributed by atoms with Gasteiger partial charge in [0.1, 0.15) is 17.5 Å². The molecule has 0 saturated heterocycles. The Hall–Kier alpha value is -2.24. The van der Waals surface area contributed by atoms with Crippen molar-refractivity contribution in [3.63, 3.8) is 0 Å². The van der Waals surface area contributed by atoms with Crippen molar-refractivity contribution in [2.75, 3.05) is 23.3 Å². The second-order valence-electron chi connectivity index (χ2n) is 3.38. The largest absolute Gasteiger partial charge is 0.396 e. The summed E-state index contributed by atoms with van der Waals surface area (Å²) in [5.41, 5.74) is 11.7. The molecule has 0 unspecified atom stereocenters. The third-order valence-electron chi connectivity index (χ3n) is 2.18. The Labute approximate surface area is 93.1 Å². The monoisotopic (exact) mass is 218 g/mol. The van der Waals surface area contributed by atoms with Gasteiger partial charge in [0.2, 0.25) is 0 Å². The lowest BCUT2D eigenvalue weighted by molar-refractivity contribution is 0.922. The molecule has 84 valence electrons. The molecule has 6 nitrogen and oxygen atoms in total. The van der Waals surface area contributed by atoms with E-state index in [1.165, 1.54) is 0 Å². The van der Waals surface area contributed by atoms with E-state index < -0.39 is 0 Å². The molecule has 6 heteroatoms. The highest BCUT2D eigenvalue weighted by Crippen LogP contribution is 2.14. The molecule has 2 heterocycles. The van der Waals surface area contributed by atoms with Crippen LogP contribution in [0.3, 0.4) is 0 Å². The second kappa shape index (κ2) is 4.52. The summed E-state index contributed by atoms with van der Waals surface area (Å²) in [5, 5.41) is 3.14. The maximum Gasteiger partial charge on any atom is 0.149 e. The fourth-order valence-corrected chi connectivity index (χ4v) is 1.33. The van der Waals surface area contributed by atoms with Gasteiger partial charge in [0.25, 0.3) is 0 Å². The van der Waals surface area contributed by atoms with Crippen molar-refractivity contribution in [2.45, 2.75) is 6.42 Å². The molecule has 2 aromatic rings. The minimum atomic E-state index is 0.350. The van der Waals surface area contributed by atoms with Gasteiger partial charge in [0.05, 0.1) is 5.69 Å². The summed E-state index contributed by atoms with van der Waals surface area (Å²) >= 11 is 0. The molecule has 0 atom stereocenters. The molecule has 0 radical (unpaired) electrons. The molecule has 0 bridgehead atoms. The summed E-state index contributed by atoms with van der Waals surface area (Å²) in [4.78, 5) is 11.2. The summed E-state index contributed by atoms with van der Waals surface area (Å²) in [6.45, 7) is 0.740. The summed E-state index contributed by atoms with van der Waals surface area (Å²) in [5.74, 6) is 2.01. The van der Waals surface area contributed by atoms with Crippen molar-refractivity contribution < 1.29 is 0 Å². The van der Waals surface area contributed by atoms with Crippen molar-refractivity contribution in [3.8, 4) is 0 Å². The maximum absolute atomic E-state index is 5.59. The molecule has 16 heavy (non-hydrogen) atoms. The Morgan fingerprint density at radius 2 is 2.19 bits per heavy atom. The predicted octanol–water partition coefficient (Wildman–Crippen LogP) is 0.624. The minimum Gasteiger partial charge on any atom is -0.396 e. The van der Waals surface area contributed by atoms with Crippen LogP contribution in [0.5, 0.6) is 0 Å². The third-order valence-corrected chi connectivity index (χ3v) is 2.18. The van der Waals surface area contributed by atoms with Gasteiger partial charge < -0.3 is 21.8 Å². The molecule has 2 aromatic heterocycles. The zero-order valence-corrected chi connectivity index (χ0v) is 8.77. The Kier molecular flexibility index (Phi) is 2.90. The number of aromatic nitrogens is 3. The number of nitrogens with one attached hydrogen (secondary N) is 2. The first-order valence-corrected chi connectivity index (χ1v) is 5.00. The van der Waals surface area contributed by atoms with Crippen molar-refractivity contribution in [1.29, 1.82) is 0 Å². The number of anilines is 3. The fraction of sp³-hybridized carbons (Fsp3) is 0.200. The zero-order chi connectivity index (χ0) is 11.4. The molecular weight excluding hydrogens is 204 g/mol. The van der Waals surface area contributed by atoms with Gasteiger partial charge in [0, 0.05) is 25.4 Å². The van der Waals surface area contributed by atoms with Crippen molar-refractivity contribution in [1.82, 2.24) is 15.0 Å². The van der Waals surface area contributed by atoms with Crippen LogP contribution in [0.25, 0.3) is 0 Å². The van der Waals surface area contributed by atoms with E-state index in [0.29, 0.717) is 11.5 Å². The number of nitrogen functional groups attached to an aromatic ring is 2. The van der Waals surface area contributed by atoms with E-state index >= 15 is 0 Å². The molecule has 0 aliphatic rings. The first kappa shape index (κ1) is 10.3. The van der Waals surface area contributed by atoms with Gasteiger partial charge in [-0.05, 0) is 12.1 Å². The Morgan fingerprint density at radius 1 is 1.31 bits per heavy atom. The van der Waals surface area contributed by atoms with Crippen molar-refractivity contribution in [2.24, 2.45) is 0 Å². The van der Waals surface area contributed by atoms with E-state index in [4.69, 9.17) is 11.5 Å². The molecule has 2 rings (SSSR count). The topological polar surface area (TPSA) is 106 Å². The van der Waals surface area contributed by atoms with Gasteiger partial charge in [-0.25, -0.2) is 9.97 Å². The average Bonchev–Trinajstić information content (AvgIpc) is 2.76. The lowest BCUT2D eigenvalue weighted by Gasteiger charge is -2.06. The molecule has 0 aliphatic carbocycles. The molecule has 0 spiro atoms. The normalized spacial score (nSPS) is 10.2. The number of nitrogens with two attached hydrogens (primary N) is 2. The van der Waals surface area contributed by atoms with Crippen LogP contribution in [0.15, 0.2) is 24.5 Å². The van der Waals surface area contributed by atoms with Crippen LogP contribution in [0, 0.1) is 0 Å². The number of pyridine rings is 1. The number of H-pyrrole nitrogens is 1. The SMILES string of the molecule is Nc1ccc(NCCc2ncc[nH]2)nc1N. The van der Waals surface area contributed by atoms with Crippen LogP contribution in [0.2, 0.25) is 0 Å². The van der Waals surface area contributed by atoms with Crippen LogP contribution in [-0.4, -0.2) is 21.5 Å². The van der Waals surface area contributed by atoms with Gasteiger partial charge in [0.15, 0.2) is 0 Å². The lowest BCUT2D eigenvalue weighted by Crippen LogP contribution is -2.08. The lowest BCUT2D eigenvalue weighted by atomic mass is 10.3. The number of imidazole rings is 1. The average molecular weight is 218 g/mol. The smallest absolute Gasteiger partial charge is 0.149 e. The standard InChI is InChI=1S/C10H14N6/c11-7-1-2-9(16-10(7)12)13-4-3-8-14-5-6-15-8/h1-2,5-6H,3-4,11H2,(H,14,15)(H3,12,13,16). The van der Waals surface area contributed by atoms with Gasteiger partial charge in [-0.2, -0.15) is 0 Å². The van der Waals surface area contributed by atoms with E-state index in [0.717, 1.165) is 24.6 Å². The Balaban J connectivity index is 1.87. The molecule has 0 amide bonds. The maximum atomic E-state index is 5.59. The van der Waals surface area contributed by atoms with Crippen LogP contribution in [0.4, 0.5) is 17.3 Å². The van der Waals surface area contributed by atoms with E-state index in [2.05, 4.69) is 20.3 Å². The van der Waals surface area contributed by atoms with E-state index in [1.54, 1.807) is 24.5 Å². The number of hydrogen-bond donors (Lipinski definition) is 4. The van der Waals surface area contributed by atoms with Crippen LogP contribution < -0.4 is 16.8 Å². The number of nitrogens with zero attached hydrogens (tertiary/aromatic N) is 2. The highest BCUT2D eigenvalue weighted by molar-refractivity contribution is 5.61. The first-order valence-electron chi connectivity index (χ1n) is 5.00. The number of rotatable bonds is 4. The number of aromatic amines is 1. The molecule has 6 N–H and O–H groups in total. The highest BCUT2D eigenvalue weighted by atomic mass is 15.0.